The number of nitrogens with zero attached hydrogens (tertiary/aromatic N) is 4. The van der Waals surface area contributed by atoms with Gasteiger partial charge in [-0.05, 0) is 6.92 Å². The molecule has 120 valence electrons. The predicted molar refractivity (Wildman–Crippen MR) is 72.2 cm³/mol. The second-order valence-corrected chi connectivity index (χ2v) is 6.06. The molecule has 1 aliphatic heterocycles. The van der Waals surface area contributed by atoms with Crippen LogP contribution in [0.15, 0.2) is 12.7 Å². The maximum Gasteiger partial charge on any atom is 0.470 e. The minimum Gasteiger partial charge on any atom is -0.386 e. The summed E-state index contributed by atoms with van der Waals surface area (Å²) in [7, 11) is -4.76. The van der Waals surface area contributed by atoms with Crippen LogP contribution >= 0.6 is 7.82 Å². The second kappa shape index (κ2) is 5.23. The fourth-order valence-corrected chi connectivity index (χ4v) is 3.02. The molecule has 22 heavy (non-hydrogen) atoms. The predicted octanol–water partition coefficient (Wildman–Crippen LogP) is -0.835. The van der Waals surface area contributed by atoms with Gasteiger partial charge in [-0.3, -0.25) is 9.09 Å². The highest BCUT2D eigenvalue weighted by Crippen LogP contribution is 2.44. The number of anilines is 1. The molecule has 2 aromatic heterocycles. The summed E-state index contributed by atoms with van der Waals surface area (Å²) in [5.41, 5.74) is 6.35. The van der Waals surface area contributed by atoms with Crippen LogP contribution < -0.4 is 5.73 Å². The summed E-state index contributed by atoms with van der Waals surface area (Å²) >= 11 is 0. The minimum atomic E-state index is -4.76. The zero-order chi connectivity index (χ0) is 16.1. The van der Waals surface area contributed by atoms with Crippen molar-refractivity contribution in [2.75, 3.05) is 5.73 Å². The van der Waals surface area contributed by atoms with Gasteiger partial charge in [0.25, 0.3) is 0 Å². The highest BCUT2D eigenvalue weighted by molar-refractivity contribution is 7.46. The molecule has 0 amide bonds. The van der Waals surface area contributed by atoms with Gasteiger partial charge in [-0.1, -0.05) is 0 Å². The number of aromatic nitrogens is 4. The average molecular weight is 331 g/mol. The Morgan fingerprint density at radius 2 is 2.14 bits per heavy atom. The first-order chi connectivity index (χ1) is 10.3. The lowest BCUT2D eigenvalue weighted by atomic mass is 10.1. The van der Waals surface area contributed by atoms with Crippen LogP contribution in [0.5, 0.6) is 0 Å². The normalized spacial score (nSPS) is 29.3. The molecule has 1 fully saturated rings. The van der Waals surface area contributed by atoms with E-state index in [2.05, 4.69) is 19.5 Å². The second-order valence-electron chi connectivity index (χ2n) is 4.87. The Morgan fingerprint density at radius 3 is 2.82 bits per heavy atom. The summed E-state index contributed by atoms with van der Waals surface area (Å²) in [5.74, 6) is 0.173. The molecule has 0 aromatic carbocycles. The van der Waals surface area contributed by atoms with Crippen molar-refractivity contribution in [1.82, 2.24) is 19.5 Å². The van der Waals surface area contributed by atoms with E-state index in [0.717, 1.165) is 0 Å². The SMILES string of the molecule is C[C@H]1O[C@@H](n2cnc3c(N)ncnc32)[C@H](O)[C@@H]1OP(=O)(O)O. The molecule has 1 aliphatic rings. The van der Waals surface area contributed by atoms with Crippen molar-refractivity contribution in [3.8, 4) is 0 Å². The van der Waals surface area contributed by atoms with Crippen LogP contribution in [0.2, 0.25) is 0 Å². The van der Waals surface area contributed by atoms with Crippen molar-refractivity contribution in [1.29, 1.82) is 0 Å². The van der Waals surface area contributed by atoms with Crippen LogP contribution in [-0.4, -0.2) is 52.7 Å². The van der Waals surface area contributed by atoms with Crippen molar-refractivity contribution >= 4 is 24.8 Å². The summed E-state index contributed by atoms with van der Waals surface area (Å²) < 4.78 is 22.5. The number of phosphoric ester groups is 1. The van der Waals surface area contributed by atoms with Gasteiger partial charge < -0.3 is 25.4 Å². The summed E-state index contributed by atoms with van der Waals surface area (Å²) in [4.78, 5) is 29.7. The lowest BCUT2D eigenvalue weighted by Gasteiger charge is -2.19. The maximum atomic E-state index is 11.0. The van der Waals surface area contributed by atoms with Crippen molar-refractivity contribution in [3.05, 3.63) is 12.7 Å². The summed E-state index contributed by atoms with van der Waals surface area (Å²) in [6.45, 7) is 1.53. The van der Waals surface area contributed by atoms with E-state index in [4.69, 9.17) is 20.3 Å². The van der Waals surface area contributed by atoms with Crippen molar-refractivity contribution < 1.29 is 28.7 Å². The number of imidazole rings is 1. The van der Waals surface area contributed by atoms with E-state index in [0.29, 0.717) is 11.2 Å². The summed E-state index contributed by atoms with van der Waals surface area (Å²) in [6, 6.07) is 0. The van der Waals surface area contributed by atoms with E-state index in [1.54, 1.807) is 0 Å². The van der Waals surface area contributed by atoms with E-state index in [1.165, 1.54) is 24.1 Å². The van der Waals surface area contributed by atoms with Gasteiger partial charge in [-0.25, -0.2) is 19.5 Å². The van der Waals surface area contributed by atoms with Crippen molar-refractivity contribution in [2.45, 2.75) is 31.5 Å². The molecule has 0 spiro atoms. The summed E-state index contributed by atoms with van der Waals surface area (Å²) in [6.07, 6.45) is -1.63. The van der Waals surface area contributed by atoms with E-state index >= 15 is 0 Å². The van der Waals surface area contributed by atoms with E-state index in [-0.39, 0.29) is 5.82 Å². The number of hydrogen-bond donors (Lipinski definition) is 4. The molecule has 3 heterocycles. The number of rotatable bonds is 3. The first kappa shape index (κ1) is 15.3. The standard InChI is InChI=1S/C10H14N5O6P/c1-4-7(21-22(17,18)19)6(16)10(20-4)15-3-14-5-8(11)12-2-13-9(5)15/h2-4,6-7,10,16H,1H3,(H2,11,12,13)(H2,17,18,19)/t4-,6-,7-,10-/m1/s1. The first-order valence-electron chi connectivity index (χ1n) is 6.28. The van der Waals surface area contributed by atoms with Gasteiger partial charge in [0, 0.05) is 0 Å². The lowest BCUT2D eigenvalue weighted by molar-refractivity contribution is -0.0299. The Kier molecular flexibility index (Phi) is 3.63. The Bertz CT molecular complexity index is 746. The van der Waals surface area contributed by atoms with Gasteiger partial charge >= 0.3 is 7.82 Å². The molecule has 11 nitrogen and oxygen atoms in total. The number of nitrogen functional groups attached to an aromatic ring is 1. The Morgan fingerprint density at radius 1 is 1.41 bits per heavy atom. The molecule has 0 unspecified atom stereocenters. The third-order valence-electron chi connectivity index (χ3n) is 3.37. The minimum absolute atomic E-state index is 0.173. The highest BCUT2D eigenvalue weighted by Gasteiger charge is 2.46. The smallest absolute Gasteiger partial charge is 0.386 e. The van der Waals surface area contributed by atoms with Crippen LogP contribution in [0.4, 0.5) is 5.82 Å². The van der Waals surface area contributed by atoms with Gasteiger partial charge in [-0.15, -0.1) is 0 Å². The monoisotopic (exact) mass is 331 g/mol. The molecular weight excluding hydrogens is 317 g/mol. The zero-order valence-electron chi connectivity index (χ0n) is 11.3. The Labute approximate surface area is 124 Å². The van der Waals surface area contributed by atoms with Crippen LogP contribution in [0.1, 0.15) is 13.2 Å². The van der Waals surface area contributed by atoms with Gasteiger partial charge in [0.2, 0.25) is 0 Å². The Hall–Kier alpha value is -1.62. The lowest BCUT2D eigenvalue weighted by Crippen LogP contribution is -2.32. The number of fused-ring (bicyclic) bond motifs is 1. The first-order valence-corrected chi connectivity index (χ1v) is 7.81. The van der Waals surface area contributed by atoms with Gasteiger partial charge in [0.05, 0.1) is 12.4 Å². The average Bonchev–Trinajstić information content (AvgIpc) is 2.95. The van der Waals surface area contributed by atoms with Crippen molar-refractivity contribution in [3.63, 3.8) is 0 Å². The van der Waals surface area contributed by atoms with Crippen LogP contribution in [-0.2, 0) is 13.8 Å². The topological polar surface area (TPSA) is 166 Å². The fourth-order valence-electron chi connectivity index (χ4n) is 2.41. The molecule has 1 saturated heterocycles. The van der Waals surface area contributed by atoms with Gasteiger partial charge in [-0.2, -0.15) is 0 Å². The molecule has 2 aromatic rings. The summed E-state index contributed by atoms with van der Waals surface area (Å²) in [5, 5.41) is 10.3. The fraction of sp³-hybridized carbons (Fsp3) is 0.500. The molecule has 0 saturated carbocycles. The number of nitrogens with two attached hydrogens (primary N) is 1. The Balaban J connectivity index is 1.95. The van der Waals surface area contributed by atoms with E-state index < -0.39 is 32.4 Å². The van der Waals surface area contributed by atoms with Crippen LogP contribution in [0, 0.1) is 0 Å². The molecule has 0 radical (unpaired) electrons. The van der Waals surface area contributed by atoms with Crippen LogP contribution in [0.3, 0.4) is 0 Å². The molecule has 5 N–H and O–H groups in total. The van der Waals surface area contributed by atoms with Gasteiger partial charge in [0.1, 0.15) is 24.1 Å². The zero-order valence-corrected chi connectivity index (χ0v) is 12.2. The number of hydrogen-bond acceptors (Lipinski definition) is 8. The molecule has 0 aliphatic carbocycles. The maximum absolute atomic E-state index is 11.0. The molecular formula is C10H14N5O6P. The molecule has 4 atom stereocenters. The third-order valence-corrected chi connectivity index (χ3v) is 3.88. The third kappa shape index (κ3) is 2.58. The molecule has 3 rings (SSSR count). The van der Waals surface area contributed by atoms with Gasteiger partial charge in [0.15, 0.2) is 17.7 Å². The highest BCUT2D eigenvalue weighted by atomic mass is 31.2. The van der Waals surface area contributed by atoms with Crippen LogP contribution in [0.25, 0.3) is 11.2 Å². The molecule has 0 bridgehead atoms. The van der Waals surface area contributed by atoms with Crippen molar-refractivity contribution in [2.24, 2.45) is 0 Å². The number of aliphatic hydroxyl groups is 1. The number of ether oxygens (including phenoxy) is 1. The molecule has 12 heteroatoms. The quantitative estimate of drug-likeness (QED) is 0.521. The van der Waals surface area contributed by atoms with E-state index in [1.807, 2.05) is 0 Å². The van der Waals surface area contributed by atoms with E-state index in [9.17, 15) is 9.67 Å². The number of aliphatic hydroxyl groups excluding tert-OH is 1. The largest absolute Gasteiger partial charge is 0.470 e. The number of phosphoric acid groups is 1.